The summed E-state index contributed by atoms with van der Waals surface area (Å²) in [6.07, 6.45) is -3.36. The maximum absolute atomic E-state index is 12.2. The van der Waals surface area contributed by atoms with Crippen LogP contribution in [0.1, 0.15) is 26.2 Å². The van der Waals surface area contributed by atoms with Gasteiger partial charge in [0.05, 0.1) is 6.07 Å². The van der Waals surface area contributed by atoms with E-state index in [1.165, 1.54) is 6.07 Å². The summed E-state index contributed by atoms with van der Waals surface area (Å²) in [5.41, 5.74) is 0. The van der Waals surface area contributed by atoms with E-state index < -0.39 is 24.6 Å². The molecule has 0 aliphatic carbocycles. The van der Waals surface area contributed by atoms with Crippen LogP contribution in [0.2, 0.25) is 0 Å². The fraction of sp³-hybridized carbons (Fsp3) is 0.818. The highest BCUT2D eigenvalue weighted by molar-refractivity contribution is 5.66. The second-order valence-electron chi connectivity index (χ2n) is 4.25. The summed E-state index contributed by atoms with van der Waals surface area (Å²) in [4.78, 5) is 10.3. The standard InChI is InChI=1S/C11H17F3N2O2/c1-8(2-3-10(17)18)4-5-16-7-9(6-15)11(12,13)14/h8-9,16H,2-5,7H2,1H3,(H,17,18). The molecule has 0 amide bonds. The van der Waals surface area contributed by atoms with E-state index in [2.05, 4.69) is 5.32 Å². The first kappa shape index (κ1) is 16.7. The summed E-state index contributed by atoms with van der Waals surface area (Å²) >= 11 is 0. The van der Waals surface area contributed by atoms with E-state index in [9.17, 15) is 18.0 Å². The third-order valence-electron chi connectivity index (χ3n) is 2.56. The summed E-state index contributed by atoms with van der Waals surface area (Å²) in [7, 11) is 0. The minimum Gasteiger partial charge on any atom is -0.481 e. The minimum absolute atomic E-state index is 0.0601. The number of carbonyl (C=O) groups is 1. The average Bonchev–Trinajstić information content (AvgIpc) is 2.24. The summed E-state index contributed by atoms with van der Waals surface area (Å²) in [6, 6.07) is 1.21. The van der Waals surface area contributed by atoms with Crippen molar-refractivity contribution in [3.63, 3.8) is 0 Å². The Morgan fingerprint density at radius 3 is 2.50 bits per heavy atom. The number of alkyl halides is 3. The molecule has 7 heteroatoms. The van der Waals surface area contributed by atoms with Crippen molar-refractivity contribution in [2.24, 2.45) is 11.8 Å². The van der Waals surface area contributed by atoms with Crippen molar-refractivity contribution < 1.29 is 23.1 Å². The maximum Gasteiger partial charge on any atom is 0.405 e. The van der Waals surface area contributed by atoms with Crippen LogP contribution < -0.4 is 5.32 Å². The second kappa shape index (κ2) is 7.93. The minimum atomic E-state index is -4.50. The molecule has 0 radical (unpaired) electrons. The number of carboxylic acid groups (broad SMARTS) is 1. The van der Waals surface area contributed by atoms with Gasteiger partial charge < -0.3 is 10.4 Å². The number of rotatable bonds is 8. The van der Waals surface area contributed by atoms with Crippen molar-refractivity contribution in [3.05, 3.63) is 0 Å². The predicted octanol–water partition coefficient (Wildman–Crippen LogP) is 2.17. The number of hydrogen-bond acceptors (Lipinski definition) is 3. The zero-order valence-electron chi connectivity index (χ0n) is 10.1. The molecule has 0 aromatic rings. The number of nitrogens with one attached hydrogen (secondary N) is 1. The number of aliphatic carboxylic acids is 1. The van der Waals surface area contributed by atoms with Crippen LogP contribution in [0.5, 0.6) is 0 Å². The Morgan fingerprint density at radius 1 is 1.44 bits per heavy atom. The molecule has 0 aliphatic rings. The van der Waals surface area contributed by atoms with Crippen molar-refractivity contribution >= 4 is 5.97 Å². The molecule has 0 bridgehead atoms. The molecule has 2 N–H and O–H groups in total. The number of carboxylic acids is 1. The van der Waals surface area contributed by atoms with Gasteiger partial charge in [-0.15, -0.1) is 0 Å². The van der Waals surface area contributed by atoms with Crippen LogP contribution in [0.4, 0.5) is 13.2 Å². The quantitative estimate of drug-likeness (QED) is 0.660. The number of halogens is 3. The van der Waals surface area contributed by atoms with E-state index in [0.717, 1.165) is 0 Å². The van der Waals surface area contributed by atoms with Crippen molar-refractivity contribution in [2.45, 2.75) is 32.4 Å². The van der Waals surface area contributed by atoms with E-state index >= 15 is 0 Å². The summed E-state index contributed by atoms with van der Waals surface area (Å²) in [5.74, 6) is -2.75. The largest absolute Gasteiger partial charge is 0.481 e. The Labute approximate surface area is 104 Å². The molecule has 0 fully saturated rings. The van der Waals surface area contributed by atoms with E-state index in [1.807, 2.05) is 6.92 Å². The fourth-order valence-corrected chi connectivity index (χ4v) is 1.34. The van der Waals surface area contributed by atoms with E-state index in [4.69, 9.17) is 10.4 Å². The topological polar surface area (TPSA) is 73.1 Å². The van der Waals surface area contributed by atoms with Crippen LogP contribution in [-0.2, 0) is 4.79 Å². The lowest BCUT2D eigenvalue weighted by Crippen LogP contribution is -2.33. The van der Waals surface area contributed by atoms with Gasteiger partial charge in [0, 0.05) is 13.0 Å². The third kappa shape index (κ3) is 7.90. The van der Waals surface area contributed by atoms with Crippen LogP contribution in [-0.4, -0.2) is 30.3 Å². The highest BCUT2D eigenvalue weighted by Gasteiger charge is 2.39. The normalized spacial score (nSPS) is 14.8. The molecule has 0 aromatic carbocycles. The third-order valence-corrected chi connectivity index (χ3v) is 2.56. The SMILES string of the molecule is CC(CCNCC(C#N)C(F)(F)F)CCC(=O)O. The maximum atomic E-state index is 12.2. The molecule has 0 saturated carbocycles. The Kier molecular flexibility index (Phi) is 7.36. The fourth-order valence-electron chi connectivity index (χ4n) is 1.34. The van der Waals surface area contributed by atoms with Gasteiger partial charge in [-0.2, -0.15) is 18.4 Å². The molecule has 18 heavy (non-hydrogen) atoms. The van der Waals surface area contributed by atoms with Gasteiger partial charge in [0.15, 0.2) is 5.92 Å². The van der Waals surface area contributed by atoms with Crippen molar-refractivity contribution in [1.29, 1.82) is 5.26 Å². The molecule has 0 rings (SSSR count). The Bertz CT molecular complexity index is 300. The van der Waals surface area contributed by atoms with Gasteiger partial charge in [-0.25, -0.2) is 0 Å². The zero-order chi connectivity index (χ0) is 14.2. The average molecular weight is 266 g/mol. The summed E-state index contributed by atoms with van der Waals surface area (Å²) in [6.45, 7) is 1.76. The first-order valence-electron chi connectivity index (χ1n) is 5.66. The van der Waals surface area contributed by atoms with Crippen LogP contribution >= 0.6 is 0 Å². The lowest BCUT2D eigenvalue weighted by Gasteiger charge is -2.15. The lowest BCUT2D eigenvalue weighted by atomic mass is 10.0. The van der Waals surface area contributed by atoms with Gasteiger partial charge in [0.2, 0.25) is 0 Å². The molecule has 0 saturated heterocycles. The first-order chi connectivity index (χ1) is 8.27. The van der Waals surface area contributed by atoms with Gasteiger partial charge in [-0.1, -0.05) is 6.92 Å². The number of nitriles is 1. The number of hydrogen-bond donors (Lipinski definition) is 2. The van der Waals surface area contributed by atoms with Crippen LogP contribution in [0.3, 0.4) is 0 Å². The van der Waals surface area contributed by atoms with Gasteiger partial charge in [-0.3, -0.25) is 4.79 Å². The van der Waals surface area contributed by atoms with E-state index in [1.54, 1.807) is 0 Å². The molecular weight excluding hydrogens is 249 g/mol. The molecular formula is C11H17F3N2O2. The monoisotopic (exact) mass is 266 g/mol. The molecule has 2 atom stereocenters. The Hall–Kier alpha value is -1.29. The predicted molar refractivity (Wildman–Crippen MR) is 58.7 cm³/mol. The highest BCUT2D eigenvalue weighted by atomic mass is 19.4. The zero-order valence-corrected chi connectivity index (χ0v) is 10.1. The highest BCUT2D eigenvalue weighted by Crippen LogP contribution is 2.24. The molecule has 0 heterocycles. The molecule has 4 nitrogen and oxygen atoms in total. The van der Waals surface area contributed by atoms with Gasteiger partial charge >= 0.3 is 12.1 Å². The van der Waals surface area contributed by atoms with Crippen molar-refractivity contribution in [1.82, 2.24) is 5.32 Å². The summed E-state index contributed by atoms with van der Waals surface area (Å²) < 4.78 is 36.6. The lowest BCUT2D eigenvalue weighted by molar-refractivity contribution is -0.157. The van der Waals surface area contributed by atoms with Gasteiger partial charge in [0.25, 0.3) is 0 Å². The molecule has 0 aliphatic heterocycles. The first-order valence-corrected chi connectivity index (χ1v) is 5.66. The van der Waals surface area contributed by atoms with E-state index in [-0.39, 0.29) is 12.3 Å². The second-order valence-corrected chi connectivity index (χ2v) is 4.25. The van der Waals surface area contributed by atoms with Gasteiger partial charge in [0.1, 0.15) is 0 Å². The van der Waals surface area contributed by atoms with Crippen molar-refractivity contribution in [3.8, 4) is 6.07 Å². The van der Waals surface area contributed by atoms with Crippen LogP contribution in [0.25, 0.3) is 0 Å². The van der Waals surface area contributed by atoms with Gasteiger partial charge in [-0.05, 0) is 25.3 Å². The van der Waals surface area contributed by atoms with Crippen LogP contribution in [0.15, 0.2) is 0 Å². The molecule has 104 valence electrons. The van der Waals surface area contributed by atoms with Crippen LogP contribution in [0, 0.1) is 23.2 Å². The Morgan fingerprint density at radius 2 is 2.06 bits per heavy atom. The molecule has 0 spiro atoms. The smallest absolute Gasteiger partial charge is 0.405 e. The number of nitrogens with zero attached hydrogens (tertiary/aromatic N) is 1. The molecule has 0 aromatic heterocycles. The van der Waals surface area contributed by atoms with Crippen molar-refractivity contribution in [2.75, 3.05) is 13.1 Å². The Balaban J connectivity index is 3.73. The van der Waals surface area contributed by atoms with E-state index in [0.29, 0.717) is 19.4 Å². The summed E-state index contributed by atoms with van der Waals surface area (Å²) in [5, 5.41) is 19.4. The molecule has 2 unspecified atom stereocenters.